The molecule has 1 aromatic rings. The van der Waals surface area contributed by atoms with Crippen LogP contribution in [0.3, 0.4) is 0 Å². The number of nitrogens with zero attached hydrogens (tertiary/aromatic N) is 1. The summed E-state index contributed by atoms with van der Waals surface area (Å²) in [6, 6.07) is 0.737. The molecule has 1 aromatic heterocycles. The zero-order chi connectivity index (χ0) is 14.7. The number of halogens is 3. The van der Waals surface area contributed by atoms with Crippen molar-refractivity contribution in [3.05, 3.63) is 18.0 Å². The van der Waals surface area contributed by atoms with Crippen molar-refractivity contribution in [1.29, 1.82) is 0 Å². The van der Waals surface area contributed by atoms with Crippen LogP contribution in [-0.4, -0.2) is 32.7 Å². The summed E-state index contributed by atoms with van der Waals surface area (Å²) in [5.74, 6) is -0.285. The standard InChI is InChI=1S/C9H13F3N4O2S/c1-14-19(17,18)3-2-15-7-4-8(9(10,11)12)16-5-6(7)13/h4-5,14H,2-3,13H2,1H3,(H,15,16). The van der Waals surface area contributed by atoms with E-state index in [4.69, 9.17) is 5.73 Å². The van der Waals surface area contributed by atoms with E-state index in [0.717, 1.165) is 12.3 Å². The Kier molecular flexibility index (Phi) is 4.58. The van der Waals surface area contributed by atoms with E-state index >= 15 is 0 Å². The summed E-state index contributed by atoms with van der Waals surface area (Å²) in [5, 5.41) is 2.53. The lowest BCUT2D eigenvalue weighted by atomic mass is 10.2. The predicted octanol–water partition coefficient (Wildman–Crippen LogP) is 0.644. The highest BCUT2D eigenvalue weighted by Crippen LogP contribution is 2.30. The van der Waals surface area contributed by atoms with Crippen molar-refractivity contribution >= 4 is 21.4 Å². The first-order valence-electron chi connectivity index (χ1n) is 5.13. The second-order valence-electron chi connectivity index (χ2n) is 3.60. The van der Waals surface area contributed by atoms with Crippen LogP contribution in [0.1, 0.15) is 5.69 Å². The average molecular weight is 298 g/mol. The van der Waals surface area contributed by atoms with Gasteiger partial charge in [0.1, 0.15) is 5.69 Å². The molecule has 0 aliphatic rings. The molecule has 0 unspecified atom stereocenters. The summed E-state index contributed by atoms with van der Waals surface area (Å²) in [5.41, 5.74) is 4.36. The second-order valence-corrected chi connectivity index (χ2v) is 5.65. The molecule has 0 aromatic carbocycles. The van der Waals surface area contributed by atoms with E-state index < -0.39 is 21.9 Å². The number of alkyl halides is 3. The summed E-state index contributed by atoms with van der Waals surface area (Å²) >= 11 is 0. The highest BCUT2D eigenvalue weighted by Gasteiger charge is 2.32. The van der Waals surface area contributed by atoms with E-state index in [1.165, 1.54) is 7.05 Å². The first-order chi connectivity index (χ1) is 8.65. The number of pyridine rings is 1. The van der Waals surface area contributed by atoms with Gasteiger partial charge in [-0.15, -0.1) is 0 Å². The van der Waals surface area contributed by atoms with E-state index in [0.29, 0.717) is 0 Å². The van der Waals surface area contributed by atoms with Crippen LogP contribution in [0.4, 0.5) is 24.5 Å². The summed E-state index contributed by atoms with van der Waals surface area (Å²) in [7, 11) is -2.18. The third-order valence-corrected chi connectivity index (χ3v) is 3.59. The first kappa shape index (κ1) is 15.5. The van der Waals surface area contributed by atoms with Gasteiger partial charge in [0, 0.05) is 6.54 Å². The Morgan fingerprint density at radius 1 is 1.42 bits per heavy atom. The molecule has 1 heterocycles. The van der Waals surface area contributed by atoms with Crippen LogP contribution in [-0.2, 0) is 16.2 Å². The number of nitrogens with two attached hydrogens (primary N) is 1. The van der Waals surface area contributed by atoms with Crippen LogP contribution in [0.15, 0.2) is 12.3 Å². The number of hydrogen-bond donors (Lipinski definition) is 3. The smallest absolute Gasteiger partial charge is 0.396 e. The number of hydrogen-bond acceptors (Lipinski definition) is 5. The van der Waals surface area contributed by atoms with Gasteiger partial charge in [0.05, 0.1) is 23.3 Å². The molecule has 108 valence electrons. The fourth-order valence-electron chi connectivity index (χ4n) is 1.20. The SMILES string of the molecule is CNS(=O)(=O)CCNc1cc(C(F)(F)F)ncc1N. The third-order valence-electron chi connectivity index (χ3n) is 2.22. The lowest BCUT2D eigenvalue weighted by Crippen LogP contribution is -2.26. The summed E-state index contributed by atoms with van der Waals surface area (Å²) in [4.78, 5) is 3.16. The predicted molar refractivity (Wildman–Crippen MR) is 65.0 cm³/mol. The van der Waals surface area contributed by atoms with E-state index in [-0.39, 0.29) is 23.7 Å². The van der Waals surface area contributed by atoms with Crippen molar-refractivity contribution in [3.63, 3.8) is 0 Å². The van der Waals surface area contributed by atoms with Crippen LogP contribution in [0.2, 0.25) is 0 Å². The molecule has 0 aliphatic heterocycles. The molecule has 0 radical (unpaired) electrons. The minimum Gasteiger partial charge on any atom is -0.396 e. The molecule has 0 spiro atoms. The quantitative estimate of drug-likeness (QED) is 0.741. The van der Waals surface area contributed by atoms with Crippen molar-refractivity contribution < 1.29 is 21.6 Å². The van der Waals surface area contributed by atoms with E-state index in [2.05, 4.69) is 15.0 Å². The van der Waals surface area contributed by atoms with Gasteiger partial charge in [0.15, 0.2) is 0 Å². The van der Waals surface area contributed by atoms with Gasteiger partial charge >= 0.3 is 6.18 Å². The minimum absolute atomic E-state index is 0.00590. The van der Waals surface area contributed by atoms with Crippen molar-refractivity contribution in [2.24, 2.45) is 0 Å². The molecule has 1 rings (SSSR count). The molecule has 4 N–H and O–H groups in total. The Labute approximate surface area is 108 Å². The lowest BCUT2D eigenvalue weighted by molar-refractivity contribution is -0.141. The first-order valence-corrected chi connectivity index (χ1v) is 6.79. The largest absolute Gasteiger partial charge is 0.433 e. The molecule has 0 atom stereocenters. The number of aromatic nitrogens is 1. The second kappa shape index (κ2) is 5.61. The minimum atomic E-state index is -4.58. The Morgan fingerprint density at radius 3 is 2.58 bits per heavy atom. The molecule has 0 saturated carbocycles. The Bertz CT molecular complexity index is 545. The van der Waals surface area contributed by atoms with Crippen LogP contribution in [0, 0.1) is 0 Å². The van der Waals surface area contributed by atoms with Crippen LogP contribution < -0.4 is 15.8 Å². The number of anilines is 2. The molecule has 0 bridgehead atoms. The number of nitrogens with one attached hydrogen (secondary N) is 2. The summed E-state index contributed by atoms with van der Waals surface area (Å²) in [6.07, 6.45) is -3.71. The zero-order valence-corrected chi connectivity index (χ0v) is 10.8. The molecule has 0 saturated heterocycles. The third kappa shape index (κ3) is 4.56. The van der Waals surface area contributed by atoms with Gasteiger partial charge in [-0.05, 0) is 13.1 Å². The Balaban J connectivity index is 2.79. The van der Waals surface area contributed by atoms with Crippen LogP contribution in [0.25, 0.3) is 0 Å². The maximum Gasteiger partial charge on any atom is 0.433 e. The number of rotatable bonds is 5. The molecular weight excluding hydrogens is 285 g/mol. The van der Waals surface area contributed by atoms with Gasteiger partial charge in [-0.3, -0.25) is 0 Å². The highest BCUT2D eigenvalue weighted by atomic mass is 32.2. The van der Waals surface area contributed by atoms with E-state index in [1.807, 2.05) is 0 Å². The highest BCUT2D eigenvalue weighted by molar-refractivity contribution is 7.89. The Morgan fingerprint density at radius 2 is 2.05 bits per heavy atom. The van der Waals surface area contributed by atoms with Gasteiger partial charge in [-0.2, -0.15) is 13.2 Å². The van der Waals surface area contributed by atoms with Gasteiger partial charge < -0.3 is 11.1 Å². The van der Waals surface area contributed by atoms with Crippen LogP contribution >= 0.6 is 0 Å². The van der Waals surface area contributed by atoms with Crippen molar-refractivity contribution in [3.8, 4) is 0 Å². The lowest BCUT2D eigenvalue weighted by Gasteiger charge is -2.12. The average Bonchev–Trinajstić information content (AvgIpc) is 2.30. The van der Waals surface area contributed by atoms with Crippen LogP contribution in [0.5, 0.6) is 0 Å². The topological polar surface area (TPSA) is 97.1 Å². The summed E-state index contributed by atoms with van der Waals surface area (Å²) in [6.45, 7) is -0.0747. The van der Waals surface area contributed by atoms with Gasteiger partial charge in [0.2, 0.25) is 10.0 Å². The molecule has 6 nitrogen and oxygen atoms in total. The molecular formula is C9H13F3N4O2S. The Hall–Kier alpha value is -1.55. The summed E-state index contributed by atoms with van der Waals surface area (Å²) < 4.78 is 61.6. The van der Waals surface area contributed by atoms with Crippen molar-refractivity contribution in [2.75, 3.05) is 30.4 Å². The monoisotopic (exact) mass is 298 g/mol. The number of nitrogen functional groups attached to an aromatic ring is 1. The van der Waals surface area contributed by atoms with Crippen molar-refractivity contribution in [2.45, 2.75) is 6.18 Å². The number of sulfonamides is 1. The fourth-order valence-corrected chi connectivity index (χ4v) is 1.77. The fraction of sp³-hybridized carbons (Fsp3) is 0.444. The normalized spacial score (nSPS) is 12.4. The van der Waals surface area contributed by atoms with Gasteiger partial charge in [-0.25, -0.2) is 18.1 Å². The van der Waals surface area contributed by atoms with E-state index in [9.17, 15) is 21.6 Å². The van der Waals surface area contributed by atoms with Crippen molar-refractivity contribution in [1.82, 2.24) is 9.71 Å². The molecule has 10 heteroatoms. The molecule has 0 fully saturated rings. The maximum absolute atomic E-state index is 12.4. The molecule has 19 heavy (non-hydrogen) atoms. The van der Waals surface area contributed by atoms with E-state index in [1.54, 1.807) is 0 Å². The van der Waals surface area contributed by atoms with Gasteiger partial charge in [-0.1, -0.05) is 0 Å². The molecule has 0 aliphatic carbocycles. The molecule has 0 amide bonds. The maximum atomic E-state index is 12.4. The zero-order valence-electron chi connectivity index (χ0n) is 9.95. The van der Waals surface area contributed by atoms with Gasteiger partial charge in [0.25, 0.3) is 0 Å².